The van der Waals surface area contributed by atoms with Gasteiger partial charge in [-0.05, 0) is 49.2 Å². The SMILES string of the molecule is O=C(c1ccc(OC[C@@H]2CCCO2)cc1)N1CCN(C(=O)[C@@H]2COc3ccccc3O2)CC1. The van der Waals surface area contributed by atoms with E-state index < -0.39 is 6.10 Å². The highest BCUT2D eigenvalue weighted by Gasteiger charge is 2.33. The number of ether oxygens (including phenoxy) is 4. The average Bonchev–Trinajstić information content (AvgIpc) is 3.40. The summed E-state index contributed by atoms with van der Waals surface area (Å²) in [4.78, 5) is 29.3. The Morgan fingerprint density at radius 3 is 2.39 bits per heavy atom. The van der Waals surface area contributed by atoms with Gasteiger partial charge in [-0.1, -0.05) is 12.1 Å². The van der Waals surface area contributed by atoms with Gasteiger partial charge in [-0.25, -0.2) is 0 Å². The van der Waals surface area contributed by atoms with Crippen molar-refractivity contribution >= 4 is 11.8 Å². The second-order valence-corrected chi connectivity index (χ2v) is 8.45. The summed E-state index contributed by atoms with van der Waals surface area (Å²) in [6.45, 7) is 3.41. The molecule has 2 amide bonds. The fourth-order valence-corrected chi connectivity index (χ4v) is 4.32. The first-order valence-corrected chi connectivity index (χ1v) is 11.5. The number of amides is 2. The third-order valence-corrected chi connectivity index (χ3v) is 6.22. The number of para-hydroxylation sites is 2. The number of nitrogens with zero attached hydrogens (tertiary/aromatic N) is 2. The second kappa shape index (κ2) is 9.70. The zero-order valence-electron chi connectivity index (χ0n) is 18.5. The quantitative estimate of drug-likeness (QED) is 0.693. The van der Waals surface area contributed by atoms with E-state index in [4.69, 9.17) is 18.9 Å². The van der Waals surface area contributed by atoms with Crippen LogP contribution in [0.15, 0.2) is 48.5 Å². The summed E-state index contributed by atoms with van der Waals surface area (Å²) in [6.07, 6.45) is 1.60. The number of carbonyl (C=O) groups excluding carboxylic acids is 2. The van der Waals surface area contributed by atoms with Crippen molar-refractivity contribution in [3.63, 3.8) is 0 Å². The van der Waals surface area contributed by atoms with Crippen LogP contribution in [0.4, 0.5) is 0 Å². The van der Waals surface area contributed by atoms with Crippen LogP contribution in [0.5, 0.6) is 17.2 Å². The predicted molar refractivity (Wildman–Crippen MR) is 120 cm³/mol. The van der Waals surface area contributed by atoms with Crippen molar-refractivity contribution in [1.82, 2.24) is 9.80 Å². The van der Waals surface area contributed by atoms with E-state index in [0.29, 0.717) is 49.8 Å². The predicted octanol–water partition coefficient (Wildman–Crippen LogP) is 2.37. The number of benzene rings is 2. The lowest BCUT2D eigenvalue weighted by molar-refractivity contribution is -0.142. The summed E-state index contributed by atoms with van der Waals surface area (Å²) in [6, 6.07) is 14.5. The molecule has 2 atom stereocenters. The number of hydrogen-bond donors (Lipinski definition) is 0. The molecule has 5 rings (SSSR count). The summed E-state index contributed by atoms with van der Waals surface area (Å²) in [5.41, 5.74) is 0.611. The fraction of sp³-hybridized carbons (Fsp3) is 0.440. The third-order valence-electron chi connectivity index (χ3n) is 6.22. The molecule has 8 nitrogen and oxygen atoms in total. The standard InChI is InChI=1S/C25H28N2O6/c28-24(18-7-9-19(10-8-18)31-16-20-4-3-15-30-20)26-11-13-27(14-12-26)25(29)23-17-32-21-5-1-2-6-22(21)33-23/h1-2,5-10,20,23H,3-4,11-17H2/t20-,23-/m0/s1. The highest BCUT2D eigenvalue weighted by atomic mass is 16.6. The largest absolute Gasteiger partial charge is 0.491 e. The molecule has 0 aromatic heterocycles. The molecule has 8 heteroatoms. The fourth-order valence-electron chi connectivity index (χ4n) is 4.32. The molecule has 0 bridgehead atoms. The van der Waals surface area contributed by atoms with Gasteiger partial charge in [0.1, 0.15) is 19.0 Å². The monoisotopic (exact) mass is 452 g/mol. The molecule has 33 heavy (non-hydrogen) atoms. The van der Waals surface area contributed by atoms with E-state index in [9.17, 15) is 9.59 Å². The molecule has 2 aromatic rings. The lowest BCUT2D eigenvalue weighted by Crippen LogP contribution is -2.55. The first-order chi connectivity index (χ1) is 16.2. The minimum atomic E-state index is -0.663. The Hall–Kier alpha value is -3.26. The van der Waals surface area contributed by atoms with Gasteiger partial charge in [0.05, 0.1) is 6.10 Å². The van der Waals surface area contributed by atoms with E-state index in [-0.39, 0.29) is 24.5 Å². The number of fused-ring (bicyclic) bond motifs is 1. The molecule has 0 radical (unpaired) electrons. The molecule has 174 valence electrons. The third kappa shape index (κ3) is 4.90. The minimum Gasteiger partial charge on any atom is -0.491 e. The van der Waals surface area contributed by atoms with Crippen LogP contribution in [0.1, 0.15) is 23.2 Å². The van der Waals surface area contributed by atoms with E-state index in [1.807, 2.05) is 30.3 Å². The van der Waals surface area contributed by atoms with Crippen molar-refractivity contribution in [3.05, 3.63) is 54.1 Å². The van der Waals surface area contributed by atoms with E-state index >= 15 is 0 Å². The average molecular weight is 453 g/mol. The van der Waals surface area contributed by atoms with Crippen LogP contribution in [-0.2, 0) is 9.53 Å². The van der Waals surface area contributed by atoms with Gasteiger partial charge in [0.2, 0.25) is 6.10 Å². The first-order valence-electron chi connectivity index (χ1n) is 11.5. The van der Waals surface area contributed by atoms with Crippen LogP contribution >= 0.6 is 0 Å². The highest BCUT2D eigenvalue weighted by molar-refractivity contribution is 5.94. The van der Waals surface area contributed by atoms with E-state index in [1.54, 1.807) is 28.0 Å². The molecule has 2 fully saturated rings. The van der Waals surface area contributed by atoms with Gasteiger partial charge in [0.15, 0.2) is 11.5 Å². The van der Waals surface area contributed by atoms with Crippen LogP contribution in [0.3, 0.4) is 0 Å². The van der Waals surface area contributed by atoms with Crippen LogP contribution in [-0.4, -0.2) is 79.8 Å². The number of piperazine rings is 1. The Kier molecular flexibility index (Phi) is 6.35. The molecule has 0 N–H and O–H groups in total. The lowest BCUT2D eigenvalue weighted by Gasteiger charge is -2.37. The zero-order chi connectivity index (χ0) is 22.6. The molecule has 3 aliphatic rings. The van der Waals surface area contributed by atoms with E-state index in [0.717, 1.165) is 25.2 Å². The maximum atomic E-state index is 12.9. The van der Waals surface area contributed by atoms with Gasteiger partial charge in [0, 0.05) is 38.3 Å². The topological polar surface area (TPSA) is 77.5 Å². The molecule has 2 saturated heterocycles. The molecule has 0 saturated carbocycles. The molecule has 0 aliphatic carbocycles. The van der Waals surface area contributed by atoms with Gasteiger partial charge in [-0.15, -0.1) is 0 Å². The van der Waals surface area contributed by atoms with Gasteiger partial charge in [-0.3, -0.25) is 9.59 Å². The van der Waals surface area contributed by atoms with Gasteiger partial charge in [-0.2, -0.15) is 0 Å². The molecule has 3 heterocycles. The van der Waals surface area contributed by atoms with Gasteiger partial charge >= 0.3 is 0 Å². The van der Waals surface area contributed by atoms with Crippen molar-refractivity contribution < 1.29 is 28.5 Å². The summed E-state index contributed by atoms with van der Waals surface area (Å²) >= 11 is 0. The number of rotatable bonds is 5. The van der Waals surface area contributed by atoms with Gasteiger partial charge in [0.25, 0.3) is 11.8 Å². The summed E-state index contributed by atoms with van der Waals surface area (Å²) in [5, 5.41) is 0. The van der Waals surface area contributed by atoms with Crippen molar-refractivity contribution in [2.24, 2.45) is 0 Å². The first kappa shape index (κ1) is 21.6. The molecule has 0 unspecified atom stereocenters. The normalized spacial score (nSPS) is 22.2. The smallest absolute Gasteiger partial charge is 0.267 e. The molecular formula is C25H28N2O6. The number of carbonyl (C=O) groups is 2. The zero-order valence-corrected chi connectivity index (χ0v) is 18.5. The Balaban J connectivity index is 1.11. The van der Waals surface area contributed by atoms with Crippen molar-refractivity contribution in [1.29, 1.82) is 0 Å². The number of hydrogen-bond acceptors (Lipinski definition) is 6. The van der Waals surface area contributed by atoms with Crippen LogP contribution in [0.25, 0.3) is 0 Å². The van der Waals surface area contributed by atoms with Crippen LogP contribution in [0.2, 0.25) is 0 Å². The van der Waals surface area contributed by atoms with Gasteiger partial charge < -0.3 is 28.7 Å². The Morgan fingerprint density at radius 2 is 1.67 bits per heavy atom. The Labute approximate surface area is 193 Å². The Bertz CT molecular complexity index is 981. The van der Waals surface area contributed by atoms with E-state index in [1.165, 1.54) is 0 Å². The highest BCUT2D eigenvalue weighted by Crippen LogP contribution is 2.31. The van der Waals surface area contributed by atoms with Crippen molar-refractivity contribution in [3.8, 4) is 17.2 Å². The maximum absolute atomic E-state index is 12.9. The van der Waals surface area contributed by atoms with Crippen LogP contribution in [0, 0.1) is 0 Å². The molecular weight excluding hydrogens is 424 g/mol. The van der Waals surface area contributed by atoms with E-state index in [2.05, 4.69) is 0 Å². The summed E-state index contributed by atoms with van der Waals surface area (Å²) in [7, 11) is 0. The summed E-state index contributed by atoms with van der Waals surface area (Å²) < 4.78 is 22.8. The maximum Gasteiger partial charge on any atom is 0.267 e. The molecule has 3 aliphatic heterocycles. The second-order valence-electron chi connectivity index (χ2n) is 8.45. The van der Waals surface area contributed by atoms with Crippen molar-refractivity contribution in [2.75, 3.05) is 46.0 Å². The minimum absolute atomic E-state index is 0.0426. The molecule has 2 aromatic carbocycles. The summed E-state index contributed by atoms with van der Waals surface area (Å²) in [5.74, 6) is 1.82. The lowest BCUT2D eigenvalue weighted by atomic mass is 10.1. The van der Waals surface area contributed by atoms with Crippen molar-refractivity contribution in [2.45, 2.75) is 25.0 Å². The van der Waals surface area contributed by atoms with Crippen LogP contribution < -0.4 is 14.2 Å². The molecule has 0 spiro atoms. The Morgan fingerprint density at radius 1 is 0.939 bits per heavy atom.